The summed E-state index contributed by atoms with van der Waals surface area (Å²) in [7, 11) is -2.04. The van der Waals surface area contributed by atoms with Crippen molar-refractivity contribution in [3.8, 4) is 0 Å². The van der Waals surface area contributed by atoms with Gasteiger partial charge in [0.05, 0.1) is 6.54 Å². The van der Waals surface area contributed by atoms with Gasteiger partial charge >= 0.3 is 0 Å². The zero-order valence-electron chi connectivity index (χ0n) is 8.88. The Morgan fingerprint density at radius 3 is 2.81 bits per heavy atom. The van der Waals surface area contributed by atoms with E-state index in [1.807, 2.05) is 0 Å². The molecule has 0 aliphatic carbocycles. The van der Waals surface area contributed by atoms with Gasteiger partial charge in [0.15, 0.2) is 10.9 Å². The lowest BCUT2D eigenvalue weighted by Gasteiger charge is -2.01. The van der Waals surface area contributed by atoms with E-state index >= 15 is 0 Å². The quantitative estimate of drug-likeness (QED) is 0.265. The highest BCUT2D eigenvalue weighted by molar-refractivity contribution is 7.89. The number of amidine groups is 1. The Hall–Kier alpha value is -1.61. The molecule has 0 saturated carbocycles. The van der Waals surface area contributed by atoms with Crippen molar-refractivity contribution in [2.24, 2.45) is 17.9 Å². The highest BCUT2D eigenvalue weighted by Gasteiger charge is 2.18. The SMILES string of the molecule is Cc1nc(S(=O)(=O)NCC(N)=NO)cn1C. The van der Waals surface area contributed by atoms with Crippen molar-refractivity contribution in [1.82, 2.24) is 14.3 Å². The maximum atomic E-state index is 11.6. The van der Waals surface area contributed by atoms with Crippen LogP contribution < -0.4 is 10.5 Å². The van der Waals surface area contributed by atoms with Crippen LogP contribution in [0.1, 0.15) is 5.82 Å². The van der Waals surface area contributed by atoms with Crippen LogP contribution in [0.5, 0.6) is 0 Å². The minimum Gasteiger partial charge on any atom is -0.409 e. The molecule has 0 bridgehead atoms. The Kier molecular flexibility index (Phi) is 3.50. The first-order valence-electron chi connectivity index (χ1n) is 4.33. The predicted molar refractivity (Wildman–Crippen MR) is 56.5 cm³/mol. The van der Waals surface area contributed by atoms with Crippen LogP contribution in [-0.4, -0.2) is 35.6 Å². The van der Waals surface area contributed by atoms with Crippen molar-refractivity contribution in [2.45, 2.75) is 11.9 Å². The molecule has 8 nitrogen and oxygen atoms in total. The van der Waals surface area contributed by atoms with Crippen LogP contribution in [0.15, 0.2) is 16.4 Å². The van der Waals surface area contributed by atoms with Gasteiger partial charge in [-0.1, -0.05) is 5.16 Å². The van der Waals surface area contributed by atoms with E-state index in [0.717, 1.165) is 0 Å². The normalized spacial score (nSPS) is 13.0. The van der Waals surface area contributed by atoms with Gasteiger partial charge < -0.3 is 15.5 Å². The van der Waals surface area contributed by atoms with Gasteiger partial charge in [-0.15, -0.1) is 0 Å². The highest BCUT2D eigenvalue weighted by Crippen LogP contribution is 2.06. The zero-order valence-corrected chi connectivity index (χ0v) is 9.69. The fourth-order valence-corrected chi connectivity index (χ4v) is 1.97. The van der Waals surface area contributed by atoms with Gasteiger partial charge in [0.2, 0.25) is 0 Å². The molecule has 4 N–H and O–H groups in total. The van der Waals surface area contributed by atoms with Crippen LogP contribution in [0.4, 0.5) is 0 Å². The first kappa shape index (κ1) is 12.5. The fourth-order valence-electron chi connectivity index (χ4n) is 0.934. The molecule has 9 heteroatoms. The number of nitrogens with one attached hydrogen (secondary N) is 1. The number of sulfonamides is 1. The van der Waals surface area contributed by atoms with Gasteiger partial charge in [0, 0.05) is 13.2 Å². The van der Waals surface area contributed by atoms with E-state index in [1.54, 1.807) is 18.5 Å². The Morgan fingerprint density at radius 2 is 2.38 bits per heavy atom. The topological polar surface area (TPSA) is 123 Å². The third kappa shape index (κ3) is 2.70. The van der Waals surface area contributed by atoms with E-state index < -0.39 is 10.0 Å². The van der Waals surface area contributed by atoms with E-state index in [-0.39, 0.29) is 17.4 Å². The molecular weight excluding hydrogens is 234 g/mol. The Bertz CT molecular complexity index is 485. The lowest BCUT2D eigenvalue weighted by molar-refractivity contribution is 0.317. The van der Waals surface area contributed by atoms with E-state index in [0.29, 0.717) is 5.82 Å². The van der Waals surface area contributed by atoms with Crippen LogP contribution in [0.25, 0.3) is 0 Å². The third-order valence-electron chi connectivity index (χ3n) is 1.93. The number of aryl methyl sites for hydroxylation is 2. The van der Waals surface area contributed by atoms with Crippen molar-refractivity contribution in [3.63, 3.8) is 0 Å². The van der Waals surface area contributed by atoms with Gasteiger partial charge in [-0.2, -0.15) is 0 Å². The number of nitrogens with zero attached hydrogens (tertiary/aromatic N) is 3. The van der Waals surface area contributed by atoms with Crippen molar-refractivity contribution >= 4 is 15.9 Å². The second-order valence-electron chi connectivity index (χ2n) is 3.15. The molecule has 1 aromatic heterocycles. The number of hydrogen-bond acceptors (Lipinski definition) is 5. The van der Waals surface area contributed by atoms with Gasteiger partial charge in [0.25, 0.3) is 10.0 Å². The zero-order chi connectivity index (χ0) is 12.3. The third-order valence-corrected chi connectivity index (χ3v) is 3.21. The summed E-state index contributed by atoms with van der Waals surface area (Å²) in [5.74, 6) is 0.348. The Balaban J connectivity index is 2.86. The number of nitrogens with two attached hydrogens (primary N) is 1. The Labute approximate surface area is 92.8 Å². The van der Waals surface area contributed by atoms with Crippen molar-refractivity contribution in [1.29, 1.82) is 0 Å². The van der Waals surface area contributed by atoms with E-state index in [9.17, 15) is 8.42 Å². The van der Waals surface area contributed by atoms with E-state index in [2.05, 4.69) is 14.9 Å². The van der Waals surface area contributed by atoms with Gasteiger partial charge in [0.1, 0.15) is 5.82 Å². The second-order valence-corrected chi connectivity index (χ2v) is 4.87. The first-order valence-corrected chi connectivity index (χ1v) is 5.81. The molecule has 1 aromatic rings. The van der Waals surface area contributed by atoms with Gasteiger partial charge in [-0.25, -0.2) is 18.1 Å². The molecule has 0 radical (unpaired) electrons. The number of rotatable bonds is 4. The number of imidazole rings is 1. The highest BCUT2D eigenvalue weighted by atomic mass is 32.2. The Morgan fingerprint density at radius 1 is 1.75 bits per heavy atom. The van der Waals surface area contributed by atoms with Crippen LogP contribution in [0.2, 0.25) is 0 Å². The monoisotopic (exact) mass is 247 g/mol. The molecule has 0 aliphatic rings. The van der Waals surface area contributed by atoms with Gasteiger partial charge in [-0.3, -0.25) is 0 Å². The summed E-state index contributed by atoms with van der Waals surface area (Å²) in [4.78, 5) is 3.85. The molecule has 0 amide bonds. The summed E-state index contributed by atoms with van der Waals surface area (Å²) in [5, 5.41) is 10.8. The largest absolute Gasteiger partial charge is 0.409 e. The van der Waals surface area contributed by atoms with Crippen LogP contribution in [0.3, 0.4) is 0 Å². The van der Waals surface area contributed by atoms with E-state index in [4.69, 9.17) is 10.9 Å². The smallest absolute Gasteiger partial charge is 0.260 e. The van der Waals surface area contributed by atoms with Crippen LogP contribution >= 0.6 is 0 Å². The summed E-state index contributed by atoms with van der Waals surface area (Å²) in [5.41, 5.74) is 5.14. The van der Waals surface area contributed by atoms with Crippen LogP contribution in [-0.2, 0) is 17.1 Å². The summed E-state index contributed by atoms with van der Waals surface area (Å²) in [6.07, 6.45) is 1.38. The summed E-state index contributed by atoms with van der Waals surface area (Å²) >= 11 is 0. The van der Waals surface area contributed by atoms with Crippen LogP contribution in [0, 0.1) is 6.92 Å². The average Bonchev–Trinajstić information content (AvgIpc) is 2.56. The minimum atomic E-state index is -3.72. The molecule has 0 spiro atoms. The molecule has 0 fully saturated rings. The lowest BCUT2D eigenvalue weighted by atomic mass is 10.6. The summed E-state index contributed by atoms with van der Waals surface area (Å²) in [6.45, 7) is 1.41. The first-order chi connectivity index (χ1) is 7.36. The number of oxime groups is 1. The molecule has 0 atom stereocenters. The summed E-state index contributed by atoms with van der Waals surface area (Å²) in [6, 6.07) is 0. The maximum Gasteiger partial charge on any atom is 0.260 e. The molecule has 1 heterocycles. The van der Waals surface area contributed by atoms with Crippen molar-refractivity contribution in [3.05, 3.63) is 12.0 Å². The molecule has 0 saturated heterocycles. The average molecular weight is 247 g/mol. The number of aromatic nitrogens is 2. The lowest BCUT2D eigenvalue weighted by Crippen LogP contribution is -2.33. The maximum absolute atomic E-state index is 11.6. The van der Waals surface area contributed by atoms with Crippen molar-refractivity contribution in [2.75, 3.05) is 6.54 Å². The molecule has 0 aliphatic heterocycles. The minimum absolute atomic E-state index is 0.0989. The molecular formula is C7H13N5O3S. The van der Waals surface area contributed by atoms with E-state index in [1.165, 1.54) is 6.20 Å². The van der Waals surface area contributed by atoms with Crippen molar-refractivity contribution < 1.29 is 13.6 Å². The molecule has 0 aromatic carbocycles. The number of hydrogen-bond donors (Lipinski definition) is 3. The molecule has 1 rings (SSSR count). The standard InChI is InChI=1S/C7H13N5O3S/c1-5-10-7(4-12(5)2)16(14,15)9-3-6(8)11-13/h4,9,13H,3H2,1-2H3,(H2,8,11). The predicted octanol–water partition coefficient (Wildman–Crippen LogP) is -1.25. The molecule has 0 unspecified atom stereocenters. The summed E-state index contributed by atoms with van der Waals surface area (Å²) < 4.78 is 27.0. The second kappa shape index (κ2) is 4.49. The molecule has 90 valence electrons. The fraction of sp³-hybridized carbons (Fsp3) is 0.429. The van der Waals surface area contributed by atoms with Gasteiger partial charge in [-0.05, 0) is 6.92 Å². The molecule has 16 heavy (non-hydrogen) atoms.